The van der Waals surface area contributed by atoms with Gasteiger partial charge in [0.25, 0.3) is 0 Å². The number of aliphatic hydroxyl groups is 1. The monoisotopic (exact) mass is 498 g/mol. The Labute approximate surface area is 210 Å². The van der Waals surface area contributed by atoms with Gasteiger partial charge in [-0.1, -0.05) is 43.3 Å². The number of benzene rings is 3. The molecule has 4 N–H and O–H groups in total. The number of aromatic amines is 1. The molecule has 186 valence electrons. The molecule has 4 aromatic rings. The SMILES string of the molecule is CC(CNCC(O)COc1cccc2[nH]c3ccccc3c12)Cc1ccc(OCC(=O)O)cc1.Cl. The van der Waals surface area contributed by atoms with Gasteiger partial charge in [0.2, 0.25) is 0 Å². The summed E-state index contributed by atoms with van der Waals surface area (Å²) < 4.78 is 11.1. The molecule has 0 aliphatic rings. The molecule has 0 bridgehead atoms. The van der Waals surface area contributed by atoms with E-state index in [9.17, 15) is 9.90 Å². The Hall–Kier alpha value is -3.26. The van der Waals surface area contributed by atoms with Gasteiger partial charge in [0.15, 0.2) is 6.61 Å². The predicted octanol–water partition coefficient (Wildman–Crippen LogP) is 4.41. The fraction of sp³-hybridized carbons (Fsp3) is 0.296. The Morgan fingerprint density at radius 2 is 1.71 bits per heavy atom. The number of rotatable bonds is 12. The third-order valence-corrected chi connectivity index (χ3v) is 5.67. The molecule has 0 amide bonds. The van der Waals surface area contributed by atoms with Crippen LogP contribution in [0.4, 0.5) is 0 Å². The lowest BCUT2D eigenvalue weighted by Gasteiger charge is -2.17. The van der Waals surface area contributed by atoms with Crippen LogP contribution in [0.5, 0.6) is 11.5 Å². The maximum atomic E-state index is 10.6. The maximum Gasteiger partial charge on any atom is 0.341 e. The minimum absolute atomic E-state index is 0. The summed E-state index contributed by atoms with van der Waals surface area (Å²) >= 11 is 0. The molecular weight excluding hydrogens is 468 g/mol. The van der Waals surface area contributed by atoms with E-state index in [2.05, 4.69) is 23.3 Å². The molecule has 0 radical (unpaired) electrons. The van der Waals surface area contributed by atoms with E-state index in [0.29, 0.717) is 18.2 Å². The van der Waals surface area contributed by atoms with Crippen molar-refractivity contribution in [3.63, 3.8) is 0 Å². The number of carboxylic acid groups (broad SMARTS) is 1. The van der Waals surface area contributed by atoms with Crippen LogP contribution in [-0.2, 0) is 11.2 Å². The smallest absolute Gasteiger partial charge is 0.341 e. The second kappa shape index (κ2) is 12.4. The first-order valence-electron chi connectivity index (χ1n) is 11.4. The highest BCUT2D eigenvalue weighted by Crippen LogP contribution is 2.32. The highest BCUT2D eigenvalue weighted by Gasteiger charge is 2.12. The van der Waals surface area contributed by atoms with Crippen LogP contribution in [0.3, 0.4) is 0 Å². The highest BCUT2D eigenvalue weighted by atomic mass is 35.5. The third kappa shape index (κ3) is 7.11. The van der Waals surface area contributed by atoms with Crippen molar-refractivity contribution in [2.45, 2.75) is 19.4 Å². The maximum absolute atomic E-state index is 10.6. The van der Waals surface area contributed by atoms with E-state index in [4.69, 9.17) is 14.6 Å². The molecule has 0 aliphatic carbocycles. The number of carbonyl (C=O) groups is 1. The average molecular weight is 499 g/mol. The van der Waals surface area contributed by atoms with Gasteiger partial charge < -0.3 is 30.0 Å². The summed E-state index contributed by atoms with van der Waals surface area (Å²) in [6.45, 7) is 3.20. The van der Waals surface area contributed by atoms with E-state index in [1.807, 2.05) is 48.5 Å². The molecule has 8 heteroatoms. The number of carboxylic acids is 1. The summed E-state index contributed by atoms with van der Waals surface area (Å²) in [5, 5.41) is 24.6. The van der Waals surface area contributed by atoms with Gasteiger partial charge in [-0.3, -0.25) is 0 Å². The molecule has 4 rings (SSSR count). The summed E-state index contributed by atoms with van der Waals surface area (Å²) in [4.78, 5) is 14.0. The summed E-state index contributed by atoms with van der Waals surface area (Å²) in [7, 11) is 0. The minimum atomic E-state index is -0.994. The molecule has 1 aromatic heterocycles. The zero-order valence-electron chi connectivity index (χ0n) is 19.6. The van der Waals surface area contributed by atoms with Gasteiger partial charge in [-0.05, 0) is 54.8 Å². The molecule has 0 saturated heterocycles. The Kier molecular flexibility index (Phi) is 9.37. The second-order valence-electron chi connectivity index (χ2n) is 8.61. The molecule has 35 heavy (non-hydrogen) atoms. The average Bonchev–Trinajstić information content (AvgIpc) is 3.21. The van der Waals surface area contributed by atoms with Crippen LogP contribution >= 0.6 is 12.4 Å². The first kappa shape index (κ1) is 26.3. The predicted molar refractivity (Wildman–Crippen MR) is 140 cm³/mol. The standard InChI is InChI=1S/C27H30N2O5.ClH/c1-18(13-19-9-11-21(12-10-19)33-17-26(31)32)14-28-15-20(30)16-34-25-8-4-7-24-27(25)22-5-2-3-6-23(22)29-24;/h2-12,18,20,28-30H,13-17H2,1H3,(H,31,32);1H. The molecule has 0 aliphatic heterocycles. The van der Waals surface area contributed by atoms with Crippen LogP contribution < -0.4 is 14.8 Å². The lowest BCUT2D eigenvalue weighted by Crippen LogP contribution is -2.34. The Bertz CT molecular complexity index is 1240. The number of hydrogen-bond donors (Lipinski definition) is 4. The summed E-state index contributed by atoms with van der Waals surface area (Å²) in [6, 6.07) is 21.5. The van der Waals surface area contributed by atoms with Crippen molar-refractivity contribution in [3.8, 4) is 11.5 Å². The molecular formula is C27H31ClN2O5. The van der Waals surface area contributed by atoms with Gasteiger partial charge in [0.1, 0.15) is 24.2 Å². The highest BCUT2D eigenvalue weighted by molar-refractivity contribution is 6.10. The fourth-order valence-corrected chi connectivity index (χ4v) is 4.07. The van der Waals surface area contributed by atoms with Crippen molar-refractivity contribution in [2.24, 2.45) is 5.92 Å². The Morgan fingerprint density at radius 1 is 0.971 bits per heavy atom. The lowest BCUT2D eigenvalue weighted by molar-refractivity contribution is -0.139. The number of aromatic nitrogens is 1. The second-order valence-corrected chi connectivity index (χ2v) is 8.61. The van der Waals surface area contributed by atoms with E-state index >= 15 is 0 Å². The van der Waals surface area contributed by atoms with Crippen molar-refractivity contribution in [3.05, 3.63) is 72.3 Å². The summed E-state index contributed by atoms with van der Waals surface area (Å²) in [5.41, 5.74) is 3.22. The summed E-state index contributed by atoms with van der Waals surface area (Å²) in [6.07, 6.45) is 0.236. The molecule has 0 spiro atoms. The van der Waals surface area contributed by atoms with Crippen molar-refractivity contribution >= 4 is 40.2 Å². The fourth-order valence-electron chi connectivity index (χ4n) is 4.07. The largest absolute Gasteiger partial charge is 0.490 e. The van der Waals surface area contributed by atoms with Gasteiger partial charge in [0.05, 0.1) is 5.52 Å². The van der Waals surface area contributed by atoms with E-state index in [0.717, 1.165) is 46.1 Å². The number of aliphatic carboxylic acids is 1. The van der Waals surface area contributed by atoms with Crippen molar-refractivity contribution in [1.82, 2.24) is 10.3 Å². The number of halogens is 1. The van der Waals surface area contributed by atoms with Crippen LogP contribution in [0.15, 0.2) is 66.7 Å². The van der Waals surface area contributed by atoms with Crippen LogP contribution in [0.2, 0.25) is 0 Å². The molecule has 2 atom stereocenters. The van der Waals surface area contributed by atoms with Crippen LogP contribution in [-0.4, -0.2) is 53.6 Å². The van der Waals surface area contributed by atoms with Gasteiger partial charge in [-0.25, -0.2) is 4.79 Å². The first-order chi connectivity index (χ1) is 16.5. The van der Waals surface area contributed by atoms with Crippen molar-refractivity contribution < 1.29 is 24.5 Å². The molecule has 0 saturated carbocycles. The molecule has 2 unspecified atom stereocenters. The van der Waals surface area contributed by atoms with Gasteiger partial charge in [-0.2, -0.15) is 0 Å². The van der Waals surface area contributed by atoms with E-state index in [-0.39, 0.29) is 25.6 Å². The summed E-state index contributed by atoms with van der Waals surface area (Å²) in [5.74, 6) is 0.673. The van der Waals surface area contributed by atoms with Crippen molar-refractivity contribution in [2.75, 3.05) is 26.3 Å². The number of nitrogens with one attached hydrogen (secondary N) is 2. The van der Waals surface area contributed by atoms with Crippen LogP contribution in [0, 0.1) is 5.92 Å². The number of fused-ring (bicyclic) bond motifs is 3. The topological polar surface area (TPSA) is 104 Å². The first-order valence-corrected chi connectivity index (χ1v) is 11.4. The zero-order valence-corrected chi connectivity index (χ0v) is 20.4. The van der Waals surface area contributed by atoms with Crippen LogP contribution in [0.1, 0.15) is 12.5 Å². The Morgan fingerprint density at radius 3 is 2.49 bits per heavy atom. The third-order valence-electron chi connectivity index (χ3n) is 5.67. The normalized spacial score (nSPS) is 12.7. The zero-order chi connectivity index (χ0) is 23.9. The number of H-pyrrole nitrogens is 1. The lowest BCUT2D eigenvalue weighted by atomic mass is 10.0. The van der Waals surface area contributed by atoms with Gasteiger partial charge >= 0.3 is 5.97 Å². The number of para-hydroxylation sites is 1. The quantitative estimate of drug-likeness (QED) is 0.230. The van der Waals surface area contributed by atoms with Crippen molar-refractivity contribution in [1.29, 1.82) is 0 Å². The van der Waals surface area contributed by atoms with Crippen LogP contribution in [0.25, 0.3) is 21.8 Å². The molecule has 3 aromatic carbocycles. The van der Waals surface area contributed by atoms with E-state index in [1.54, 1.807) is 12.1 Å². The van der Waals surface area contributed by atoms with Gasteiger partial charge in [-0.15, -0.1) is 12.4 Å². The number of aliphatic hydroxyl groups excluding tert-OH is 1. The Balaban J connectivity index is 0.00000342. The van der Waals surface area contributed by atoms with E-state index < -0.39 is 12.1 Å². The molecule has 0 fully saturated rings. The number of hydrogen-bond acceptors (Lipinski definition) is 5. The van der Waals surface area contributed by atoms with E-state index in [1.165, 1.54) is 0 Å². The number of ether oxygens (including phenoxy) is 2. The van der Waals surface area contributed by atoms with Gasteiger partial charge in [0, 0.05) is 22.8 Å². The minimum Gasteiger partial charge on any atom is -0.490 e. The molecule has 1 heterocycles. The molecule has 7 nitrogen and oxygen atoms in total.